The van der Waals surface area contributed by atoms with Crippen LogP contribution in [-0.4, -0.2) is 80.5 Å². The van der Waals surface area contributed by atoms with Crippen molar-refractivity contribution in [3.63, 3.8) is 0 Å². The Hall–Kier alpha value is -1.83. The third kappa shape index (κ3) is 7.17. The number of hydrogen-bond donors (Lipinski definition) is 1. The Morgan fingerprint density at radius 1 is 1.24 bits per heavy atom. The van der Waals surface area contributed by atoms with Crippen LogP contribution in [0.4, 0.5) is 0 Å². The van der Waals surface area contributed by atoms with E-state index in [9.17, 15) is 9.90 Å². The van der Waals surface area contributed by atoms with Crippen molar-refractivity contribution in [2.75, 3.05) is 47.5 Å². The molecule has 164 valence electrons. The SMILES string of the molecule is COC(=O)C1CCN(Cc2ccc(OC)c(OC[C@@H](O)CN(C)C(C)C)c2)CC1. The zero-order chi connectivity index (χ0) is 21.4. The van der Waals surface area contributed by atoms with Crippen LogP contribution in [0, 0.1) is 5.92 Å². The number of nitrogens with zero attached hydrogens (tertiary/aromatic N) is 2. The molecule has 1 aliphatic heterocycles. The lowest BCUT2D eigenvalue weighted by molar-refractivity contribution is -0.147. The van der Waals surface area contributed by atoms with Crippen LogP contribution < -0.4 is 9.47 Å². The first-order valence-electron chi connectivity index (χ1n) is 10.3. The summed E-state index contributed by atoms with van der Waals surface area (Å²) in [5, 5.41) is 10.3. The van der Waals surface area contributed by atoms with Crippen LogP contribution in [0.1, 0.15) is 32.3 Å². The number of aliphatic hydroxyl groups is 1. The molecule has 0 amide bonds. The minimum absolute atomic E-state index is 0.0106. The van der Waals surface area contributed by atoms with Gasteiger partial charge in [-0.15, -0.1) is 0 Å². The van der Waals surface area contributed by atoms with Gasteiger partial charge in [0.15, 0.2) is 11.5 Å². The second kappa shape index (κ2) is 11.4. The van der Waals surface area contributed by atoms with E-state index in [-0.39, 0.29) is 18.5 Å². The summed E-state index contributed by atoms with van der Waals surface area (Å²) in [6, 6.07) is 6.27. The van der Waals surface area contributed by atoms with E-state index >= 15 is 0 Å². The van der Waals surface area contributed by atoms with Gasteiger partial charge in [-0.25, -0.2) is 0 Å². The van der Waals surface area contributed by atoms with E-state index in [0.29, 0.717) is 24.1 Å². The van der Waals surface area contributed by atoms with E-state index in [0.717, 1.165) is 38.0 Å². The number of aliphatic hydroxyl groups excluding tert-OH is 1. The minimum Gasteiger partial charge on any atom is -0.493 e. The van der Waals surface area contributed by atoms with Crippen molar-refractivity contribution in [2.24, 2.45) is 5.92 Å². The number of rotatable bonds is 10. The molecule has 0 unspecified atom stereocenters. The van der Waals surface area contributed by atoms with Crippen molar-refractivity contribution >= 4 is 5.97 Å². The highest BCUT2D eigenvalue weighted by molar-refractivity contribution is 5.72. The Balaban J connectivity index is 1.92. The summed E-state index contributed by atoms with van der Waals surface area (Å²) in [5.41, 5.74) is 1.12. The molecular formula is C22H36N2O5. The summed E-state index contributed by atoms with van der Waals surface area (Å²) in [6.45, 7) is 7.45. The molecule has 1 N–H and O–H groups in total. The third-order valence-electron chi connectivity index (χ3n) is 5.57. The number of hydrogen-bond acceptors (Lipinski definition) is 7. The second-order valence-corrected chi connectivity index (χ2v) is 8.06. The maximum absolute atomic E-state index is 11.7. The van der Waals surface area contributed by atoms with Gasteiger partial charge in [-0.2, -0.15) is 0 Å². The van der Waals surface area contributed by atoms with E-state index in [1.807, 2.05) is 25.2 Å². The van der Waals surface area contributed by atoms with Crippen molar-refractivity contribution < 1.29 is 24.1 Å². The predicted molar refractivity (Wildman–Crippen MR) is 112 cm³/mol. The van der Waals surface area contributed by atoms with Crippen molar-refractivity contribution in [2.45, 2.75) is 45.4 Å². The molecule has 0 spiro atoms. The van der Waals surface area contributed by atoms with Crippen molar-refractivity contribution in [1.82, 2.24) is 9.80 Å². The zero-order valence-electron chi connectivity index (χ0n) is 18.4. The van der Waals surface area contributed by atoms with Crippen LogP contribution in [0.25, 0.3) is 0 Å². The normalized spacial score (nSPS) is 16.8. The second-order valence-electron chi connectivity index (χ2n) is 8.06. The van der Waals surface area contributed by atoms with Crippen LogP contribution in [0.15, 0.2) is 18.2 Å². The monoisotopic (exact) mass is 408 g/mol. The quantitative estimate of drug-likeness (QED) is 0.595. The number of methoxy groups -OCH3 is 2. The smallest absolute Gasteiger partial charge is 0.308 e. The maximum atomic E-state index is 11.7. The molecule has 1 fully saturated rings. The van der Waals surface area contributed by atoms with Crippen molar-refractivity contribution in [3.05, 3.63) is 23.8 Å². The number of esters is 1. The molecule has 1 aromatic rings. The molecule has 1 saturated heterocycles. The molecule has 0 radical (unpaired) electrons. The fraction of sp³-hybridized carbons (Fsp3) is 0.682. The van der Waals surface area contributed by atoms with Crippen LogP contribution in [-0.2, 0) is 16.1 Å². The summed E-state index contributed by atoms with van der Waals surface area (Å²) >= 11 is 0. The molecule has 29 heavy (non-hydrogen) atoms. The Morgan fingerprint density at radius 2 is 1.93 bits per heavy atom. The van der Waals surface area contributed by atoms with Gasteiger partial charge in [-0.3, -0.25) is 9.69 Å². The third-order valence-corrected chi connectivity index (χ3v) is 5.57. The van der Waals surface area contributed by atoms with Gasteiger partial charge in [0.25, 0.3) is 0 Å². The lowest BCUT2D eigenvalue weighted by Gasteiger charge is -2.30. The first-order chi connectivity index (χ1) is 13.8. The summed E-state index contributed by atoms with van der Waals surface area (Å²) < 4.78 is 16.2. The van der Waals surface area contributed by atoms with E-state index < -0.39 is 6.10 Å². The fourth-order valence-corrected chi connectivity index (χ4v) is 3.47. The lowest BCUT2D eigenvalue weighted by atomic mass is 9.96. The molecule has 1 aromatic carbocycles. The molecular weight excluding hydrogens is 372 g/mol. The highest BCUT2D eigenvalue weighted by Gasteiger charge is 2.25. The largest absolute Gasteiger partial charge is 0.493 e. The van der Waals surface area contributed by atoms with Gasteiger partial charge >= 0.3 is 5.97 Å². The predicted octanol–water partition coefficient (Wildman–Crippen LogP) is 2.16. The molecule has 0 aromatic heterocycles. The van der Waals surface area contributed by atoms with Gasteiger partial charge in [0.1, 0.15) is 12.7 Å². The Morgan fingerprint density at radius 3 is 2.52 bits per heavy atom. The molecule has 0 saturated carbocycles. The average molecular weight is 409 g/mol. The number of carbonyl (C=O) groups excluding carboxylic acids is 1. The summed E-state index contributed by atoms with van der Waals surface area (Å²) in [5.74, 6) is 1.20. The first-order valence-corrected chi connectivity index (χ1v) is 10.3. The number of ether oxygens (including phenoxy) is 3. The summed E-state index contributed by atoms with van der Waals surface area (Å²) in [7, 11) is 5.05. The topological polar surface area (TPSA) is 71.5 Å². The molecule has 0 bridgehead atoms. The first kappa shape index (κ1) is 23.4. The van der Waals surface area contributed by atoms with E-state index in [2.05, 4.69) is 23.6 Å². The Bertz CT molecular complexity index is 644. The molecule has 7 nitrogen and oxygen atoms in total. The number of piperidine rings is 1. The number of likely N-dealkylation sites (N-methyl/N-ethyl adjacent to an activating group) is 1. The molecule has 7 heteroatoms. The van der Waals surface area contributed by atoms with Gasteiger partial charge in [0.05, 0.1) is 20.1 Å². The molecule has 1 heterocycles. The van der Waals surface area contributed by atoms with Gasteiger partial charge in [-0.05, 0) is 64.5 Å². The average Bonchev–Trinajstić information content (AvgIpc) is 2.72. The van der Waals surface area contributed by atoms with Gasteiger partial charge < -0.3 is 24.2 Å². The van der Waals surface area contributed by atoms with Gasteiger partial charge in [-0.1, -0.05) is 6.07 Å². The number of benzene rings is 1. The fourth-order valence-electron chi connectivity index (χ4n) is 3.47. The van der Waals surface area contributed by atoms with Crippen LogP contribution in [0.5, 0.6) is 11.5 Å². The molecule has 0 aliphatic carbocycles. The van der Waals surface area contributed by atoms with E-state index in [1.165, 1.54) is 7.11 Å². The molecule has 1 atom stereocenters. The van der Waals surface area contributed by atoms with Crippen LogP contribution >= 0.6 is 0 Å². The van der Waals surface area contributed by atoms with Gasteiger partial charge in [0, 0.05) is 19.1 Å². The zero-order valence-corrected chi connectivity index (χ0v) is 18.4. The molecule has 1 aliphatic rings. The number of likely N-dealkylation sites (tertiary alicyclic amines) is 1. The maximum Gasteiger partial charge on any atom is 0.308 e. The van der Waals surface area contributed by atoms with E-state index in [4.69, 9.17) is 14.2 Å². The van der Waals surface area contributed by atoms with Crippen molar-refractivity contribution in [1.29, 1.82) is 0 Å². The highest BCUT2D eigenvalue weighted by Crippen LogP contribution is 2.29. The van der Waals surface area contributed by atoms with E-state index in [1.54, 1.807) is 7.11 Å². The Kier molecular flexibility index (Phi) is 9.20. The highest BCUT2D eigenvalue weighted by atomic mass is 16.5. The summed E-state index contributed by atoms with van der Waals surface area (Å²) in [4.78, 5) is 16.1. The van der Waals surface area contributed by atoms with Crippen LogP contribution in [0.2, 0.25) is 0 Å². The number of carbonyl (C=O) groups is 1. The van der Waals surface area contributed by atoms with Crippen molar-refractivity contribution in [3.8, 4) is 11.5 Å². The summed E-state index contributed by atoms with van der Waals surface area (Å²) in [6.07, 6.45) is 1.07. The lowest BCUT2D eigenvalue weighted by Crippen LogP contribution is -2.37. The molecule has 2 rings (SSSR count). The van der Waals surface area contributed by atoms with Crippen LogP contribution in [0.3, 0.4) is 0 Å². The van der Waals surface area contributed by atoms with Gasteiger partial charge in [0.2, 0.25) is 0 Å². The standard InChI is InChI=1S/C22H36N2O5/c1-16(2)23(3)14-19(25)15-29-21-12-17(6-7-20(21)27-4)13-24-10-8-18(9-11-24)22(26)28-5/h6-7,12,16,18-19,25H,8-11,13-15H2,1-5H3/t19-/m0/s1. The minimum atomic E-state index is -0.576. The Labute approximate surface area is 174 Å².